The zero-order valence-electron chi connectivity index (χ0n) is 7.56. The molecule has 0 saturated heterocycles. The normalized spacial score (nSPS) is 15.3. The fourth-order valence-electron chi connectivity index (χ4n) is 0.921. The van der Waals surface area contributed by atoms with Gasteiger partial charge in [-0.05, 0) is 19.4 Å². The van der Waals surface area contributed by atoms with Crippen LogP contribution < -0.4 is 0 Å². The van der Waals surface area contributed by atoms with Crippen molar-refractivity contribution in [3.05, 3.63) is 18.0 Å². The first kappa shape index (κ1) is 9.73. The highest BCUT2D eigenvalue weighted by Gasteiger charge is 2.35. The molecule has 0 aliphatic heterocycles. The van der Waals surface area contributed by atoms with Crippen molar-refractivity contribution in [3.63, 3.8) is 0 Å². The third-order valence-corrected chi connectivity index (χ3v) is 1.99. The molecule has 5 heteroatoms. The fourth-order valence-corrected chi connectivity index (χ4v) is 0.921. The third-order valence-electron chi connectivity index (χ3n) is 1.99. The summed E-state index contributed by atoms with van der Waals surface area (Å²) in [5.41, 5.74) is -0.505. The van der Waals surface area contributed by atoms with E-state index in [-0.39, 0.29) is 0 Å². The molecule has 0 amide bonds. The highest BCUT2D eigenvalue weighted by atomic mass is 16.4. The third kappa shape index (κ3) is 1.55. The van der Waals surface area contributed by atoms with Gasteiger partial charge in [-0.2, -0.15) is 5.10 Å². The maximum absolute atomic E-state index is 10.8. The Morgan fingerprint density at radius 3 is 2.69 bits per heavy atom. The van der Waals surface area contributed by atoms with Crippen LogP contribution in [0.3, 0.4) is 0 Å². The molecule has 0 bridgehead atoms. The molecule has 0 radical (unpaired) electrons. The maximum atomic E-state index is 10.8. The summed E-state index contributed by atoms with van der Waals surface area (Å²) in [5, 5.41) is 21.7. The summed E-state index contributed by atoms with van der Waals surface area (Å²) in [6.07, 6.45) is 3.14. The van der Waals surface area contributed by atoms with Gasteiger partial charge in [0.2, 0.25) is 0 Å². The number of aromatic nitrogens is 2. The highest BCUT2D eigenvalue weighted by Crippen LogP contribution is 2.14. The summed E-state index contributed by atoms with van der Waals surface area (Å²) in [6, 6.07) is 0. The molecule has 1 rings (SSSR count). The minimum absolute atomic E-state index is 0.483. The Morgan fingerprint density at radius 2 is 2.38 bits per heavy atom. The lowest BCUT2D eigenvalue weighted by Crippen LogP contribution is -2.42. The van der Waals surface area contributed by atoms with Crippen LogP contribution in [-0.2, 0) is 10.3 Å². The molecule has 1 aromatic heterocycles. The summed E-state index contributed by atoms with van der Waals surface area (Å²) in [6.45, 7) is 2.74. The van der Waals surface area contributed by atoms with E-state index in [1.54, 1.807) is 12.4 Å². The van der Waals surface area contributed by atoms with Gasteiger partial charge in [0, 0.05) is 6.20 Å². The smallest absolute Gasteiger partial charge is 0.333 e. The van der Waals surface area contributed by atoms with E-state index >= 15 is 0 Å². The van der Waals surface area contributed by atoms with Crippen molar-refractivity contribution in [1.29, 1.82) is 0 Å². The van der Waals surface area contributed by atoms with Crippen LogP contribution in [-0.4, -0.2) is 32.6 Å². The molecular weight excluding hydrogens is 172 g/mol. The quantitative estimate of drug-likeness (QED) is 0.692. The lowest BCUT2D eigenvalue weighted by atomic mass is 10.1. The van der Waals surface area contributed by atoms with Crippen LogP contribution >= 0.6 is 0 Å². The van der Waals surface area contributed by atoms with Crippen molar-refractivity contribution >= 4 is 5.97 Å². The van der Waals surface area contributed by atoms with Crippen LogP contribution in [0.4, 0.5) is 0 Å². The van der Waals surface area contributed by atoms with Crippen molar-refractivity contribution in [1.82, 2.24) is 9.78 Å². The number of hydrogen-bond donors (Lipinski definition) is 2. The number of aliphatic hydroxyl groups excluding tert-OH is 1. The first-order valence-electron chi connectivity index (χ1n) is 3.86. The van der Waals surface area contributed by atoms with Crippen LogP contribution in [0.25, 0.3) is 0 Å². The van der Waals surface area contributed by atoms with Gasteiger partial charge in [0.1, 0.15) is 0 Å². The molecule has 0 aliphatic carbocycles. The number of aliphatic carboxylic acids is 1. The summed E-state index contributed by atoms with van der Waals surface area (Å²) >= 11 is 0. The number of hydrogen-bond acceptors (Lipinski definition) is 3. The molecule has 5 nitrogen and oxygen atoms in total. The number of carbonyl (C=O) groups is 1. The molecule has 0 aliphatic rings. The Kier molecular flexibility index (Phi) is 2.38. The SMILES string of the molecule is Cc1cnn(C(C)(CO)C(=O)O)c1. The average Bonchev–Trinajstić information content (AvgIpc) is 2.50. The van der Waals surface area contributed by atoms with Gasteiger partial charge < -0.3 is 10.2 Å². The molecule has 1 atom stereocenters. The summed E-state index contributed by atoms with van der Waals surface area (Å²) in [4.78, 5) is 10.8. The van der Waals surface area contributed by atoms with Crippen LogP contribution in [0, 0.1) is 6.92 Å². The molecule has 1 aromatic rings. The Labute approximate surface area is 75.6 Å². The Morgan fingerprint density at radius 1 is 1.77 bits per heavy atom. The van der Waals surface area contributed by atoms with Gasteiger partial charge in [0.15, 0.2) is 5.54 Å². The van der Waals surface area contributed by atoms with Gasteiger partial charge in [-0.1, -0.05) is 0 Å². The zero-order valence-corrected chi connectivity index (χ0v) is 7.56. The predicted octanol–water partition coefficient (Wildman–Crippen LogP) is -0.0164. The molecule has 72 valence electrons. The van der Waals surface area contributed by atoms with Crippen LogP contribution in [0.5, 0.6) is 0 Å². The molecule has 0 saturated carbocycles. The standard InChI is InChI=1S/C8H12N2O3/c1-6-3-9-10(4-6)8(2,5-11)7(12)13/h3-4,11H,5H2,1-2H3,(H,12,13). The van der Waals surface area contributed by atoms with Crippen LogP contribution in [0.15, 0.2) is 12.4 Å². The van der Waals surface area contributed by atoms with E-state index in [2.05, 4.69) is 5.10 Å². The van der Waals surface area contributed by atoms with Gasteiger partial charge in [0.25, 0.3) is 0 Å². The molecule has 13 heavy (non-hydrogen) atoms. The summed E-state index contributed by atoms with van der Waals surface area (Å²) < 4.78 is 1.25. The van der Waals surface area contributed by atoms with Crippen LogP contribution in [0.2, 0.25) is 0 Å². The van der Waals surface area contributed by atoms with Crippen molar-refractivity contribution in [2.75, 3.05) is 6.61 Å². The largest absolute Gasteiger partial charge is 0.479 e. The molecule has 1 heterocycles. The average molecular weight is 184 g/mol. The van der Waals surface area contributed by atoms with Crippen molar-refractivity contribution in [3.8, 4) is 0 Å². The van der Waals surface area contributed by atoms with Gasteiger partial charge in [-0.15, -0.1) is 0 Å². The number of nitrogens with zero attached hydrogens (tertiary/aromatic N) is 2. The number of carboxylic acids is 1. The molecular formula is C8H12N2O3. The van der Waals surface area contributed by atoms with E-state index in [9.17, 15) is 4.79 Å². The second-order valence-corrected chi connectivity index (χ2v) is 3.20. The van der Waals surface area contributed by atoms with E-state index in [1.165, 1.54) is 11.6 Å². The Hall–Kier alpha value is -1.36. The van der Waals surface area contributed by atoms with E-state index < -0.39 is 18.1 Å². The Balaban J connectivity index is 3.09. The topological polar surface area (TPSA) is 75.3 Å². The zero-order chi connectivity index (χ0) is 10.1. The summed E-state index contributed by atoms with van der Waals surface area (Å²) in [7, 11) is 0. The van der Waals surface area contributed by atoms with Gasteiger partial charge in [-0.3, -0.25) is 4.68 Å². The van der Waals surface area contributed by atoms with Crippen LogP contribution in [0.1, 0.15) is 12.5 Å². The minimum Gasteiger partial charge on any atom is -0.479 e. The second-order valence-electron chi connectivity index (χ2n) is 3.20. The minimum atomic E-state index is -1.37. The number of aliphatic hydroxyl groups is 1. The number of aryl methyl sites for hydroxylation is 1. The van der Waals surface area contributed by atoms with E-state index in [0.717, 1.165) is 5.56 Å². The van der Waals surface area contributed by atoms with E-state index in [0.29, 0.717) is 0 Å². The number of carboxylic acid groups (broad SMARTS) is 1. The van der Waals surface area contributed by atoms with Gasteiger partial charge in [0.05, 0.1) is 12.8 Å². The fraction of sp³-hybridized carbons (Fsp3) is 0.500. The maximum Gasteiger partial charge on any atom is 0.333 e. The molecule has 2 N–H and O–H groups in total. The summed E-state index contributed by atoms with van der Waals surface area (Å²) in [5.74, 6) is -1.10. The van der Waals surface area contributed by atoms with E-state index in [4.69, 9.17) is 10.2 Å². The van der Waals surface area contributed by atoms with Crippen molar-refractivity contribution in [2.24, 2.45) is 0 Å². The second kappa shape index (κ2) is 3.18. The first-order chi connectivity index (χ1) is 6.00. The molecule has 0 aromatic carbocycles. The monoisotopic (exact) mass is 184 g/mol. The molecule has 1 unspecified atom stereocenters. The lowest BCUT2D eigenvalue weighted by molar-refractivity contribution is -0.149. The first-order valence-corrected chi connectivity index (χ1v) is 3.86. The number of rotatable bonds is 3. The van der Waals surface area contributed by atoms with Gasteiger partial charge in [-0.25, -0.2) is 4.79 Å². The van der Waals surface area contributed by atoms with Crippen molar-refractivity contribution < 1.29 is 15.0 Å². The highest BCUT2D eigenvalue weighted by molar-refractivity contribution is 5.76. The molecule has 0 spiro atoms. The lowest BCUT2D eigenvalue weighted by Gasteiger charge is -2.22. The Bertz CT molecular complexity index is 321. The predicted molar refractivity (Wildman–Crippen MR) is 45.3 cm³/mol. The molecule has 0 fully saturated rings. The van der Waals surface area contributed by atoms with E-state index in [1.807, 2.05) is 6.92 Å². The van der Waals surface area contributed by atoms with Crippen molar-refractivity contribution in [2.45, 2.75) is 19.4 Å². The van der Waals surface area contributed by atoms with Gasteiger partial charge >= 0.3 is 5.97 Å².